The molecule has 1 aromatic carbocycles. The molecule has 0 fully saturated rings. The molecule has 0 heterocycles. The van der Waals surface area contributed by atoms with Crippen molar-refractivity contribution in [1.29, 1.82) is 5.26 Å². The molecule has 1 rings (SSSR count). The molecule has 0 bridgehead atoms. The first-order valence-electron chi connectivity index (χ1n) is 4.96. The Morgan fingerprint density at radius 2 is 2.07 bits per heavy atom. The van der Waals surface area contributed by atoms with Crippen molar-refractivity contribution < 1.29 is 0 Å². The normalized spacial score (nSPS) is 11.9. The van der Waals surface area contributed by atoms with Crippen molar-refractivity contribution in [2.45, 2.75) is 27.2 Å². The highest BCUT2D eigenvalue weighted by atomic mass is 35.5. The standard InChI is InChI=1S/C13H14ClN/c1-4-11(8-15)13(14)12-6-5-9(2)7-10(12)3/h5-7H,4H2,1-3H3. The van der Waals surface area contributed by atoms with E-state index in [1.165, 1.54) is 5.56 Å². The van der Waals surface area contributed by atoms with Crippen molar-refractivity contribution >= 4 is 16.6 Å². The van der Waals surface area contributed by atoms with Crippen LogP contribution in [0.3, 0.4) is 0 Å². The van der Waals surface area contributed by atoms with Gasteiger partial charge in [-0.25, -0.2) is 0 Å². The molecule has 0 aliphatic heterocycles. The summed E-state index contributed by atoms with van der Waals surface area (Å²) in [5.41, 5.74) is 3.92. The van der Waals surface area contributed by atoms with Crippen LogP contribution < -0.4 is 0 Å². The van der Waals surface area contributed by atoms with Crippen molar-refractivity contribution in [3.05, 3.63) is 40.5 Å². The largest absolute Gasteiger partial charge is 0.193 e. The highest BCUT2D eigenvalue weighted by Gasteiger charge is 2.07. The van der Waals surface area contributed by atoms with Gasteiger partial charge < -0.3 is 0 Å². The van der Waals surface area contributed by atoms with Crippen LogP contribution in [-0.2, 0) is 0 Å². The van der Waals surface area contributed by atoms with Crippen LogP contribution in [0.25, 0.3) is 5.03 Å². The van der Waals surface area contributed by atoms with Crippen molar-refractivity contribution in [3.8, 4) is 6.07 Å². The molecule has 0 saturated heterocycles. The van der Waals surface area contributed by atoms with E-state index in [1.54, 1.807) is 0 Å². The quantitative estimate of drug-likeness (QED) is 0.685. The van der Waals surface area contributed by atoms with E-state index in [4.69, 9.17) is 16.9 Å². The molecule has 15 heavy (non-hydrogen) atoms. The van der Waals surface area contributed by atoms with E-state index in [2.05, 4.69) is 12.1 Å². The van der Waals surface area contributed by atoms with E-state index in [-0.39, 0.29) is 0 Å². The second-order valence-electron chi connectivity index (χ2n) is 3.58. The Balaban J connectivity index is 3.29. The van der Waals surface area contributed by atoms with Gasteiger partial charge in [0.15, 0.2) is 0 Å². The molecule has 0 aliphatic rings. The number of nitrogens with zero attached hydrogens (tertiary/aromatic N) is 1. The lowest BCUT2D eigenvalue weighted by molar-refractivity contribution is 1.16. The zero-order valence-corrected chi connectivity index (χ0v) is 10.0. The maximum Gasteiger partial charge on any atom is 0.0962 e. The van der Waals surface area contributed by atoms with Crippen LogP contribution in [0.15, 0.2) is 23.8 Å². The van der Waals surface area contributed by atoms with Crippen LogP contribution >= 0.6 is 11.6 Å². The van der Waals surface area contributed by atoms with E-state index < -0.39 is 0 Å². The van der Waals surface area contributed by atoms with Gasteiger partial charge in [0.05, 0.1) is 11.1 Å². The van der Waals surface area contributed by atoms with Gasteiger partial charge in [-0.05, 0) is 31.4 Å². The van der Waals surface area contributed by atoms with Gasteiger partial charge in [-0.15, -0.1) is 0 Å². The fraction of sp³-hybridized carbons (Fsp3) is 0.308. The lowest BCUT2D eigenvalue weighted by Crippen LogP contribution is -1.89. The third kappa shape index (κ3) is 2.61. The highest BCUT2D eigenvalue weighted by Crippen LogP contribution is 2.27. The third-order valence-electron chi connectivity index (χ3n) is 2.37. The fourth-order valence-corrected chi connectivity index (χ4v) is 1.89. The van der Waals surface area contributed by atoms with Gasteiger partial charge in [0.2, 0.25) is 0 Å². The maximum absolute atomic E-state index is 8.91. The topological polar surface area (TPSA) is 23.8 Å². The zero-order chi connectivity index (χ0) is 11.4. The van der Waals surface area contributed by atoms with E-state index in [0.717, 1.165) is 11.1 Å². The summed E-state index contributed by atoms with van der Waals surface area (Å²) in [5, 5.41) is 9.49. The second kappa shape index (κ2) is 5.00. The molecule has 0 amide bonds. The third-order valence-corrected chi connectivity index (χ3v) is 2.80. The number of nitriles is 1. The summed E-state index contributed by atoms with van der Waals surface area (Å²) in [6.07, 6.45) is 0.669. The Kier molecular flexibility index (Phi) is 3.94. The van der Waals surface area contributed by atoms with Crippen molar-refractivity contribution in [2.75, 3.05) is 0 Å². The summed E-state index contributed by atoms with van der Waals surface area (Å²) in [5.74, 6) is 0. The Hall–Kier alpha value is -1.26. The number of benzene rings is 1. The van der Waals surface area contributed by atoms with E-state index in [9.17, 15) is 0 Å². The van der Waals surface area contributed by atoms with Gasteiger partial charge in [-0.2, -0.15) is 5.26 Å². The maximum atomic E-state index is 8.91. The second-order valence-corrected chi connectivity index (χ2v) is 3.95. The number of allylic oxidation sites excluding steroid dienone is 1. The number of aryl methyl sites for hydroxylation is 2. The Labute approximate surface area is 96.0 Å². The van der Waals surface area contributed by atoms with E-state index in [0.29, 0.717) is 17.0 Å². The average molecular weight is 220 g/mol. The van der Waals surface area contributed by atoms with Crippen LogP contribution in [-0.4, -0.2) is 0 Å². The Morgan fingerprint density at radius 1 is 1.40 bits per heavy atom. The molecular formula is C13H14ClN. The van der Waals surface area contributed by atoms with Gasteiger partial charge in [0, 0.05) is 5.57 Å². The molecule has 0 atom stereocenters. The van der Waals surface area contributed by atoms with Gasteiger partial charge in [0.1, 0.15) is 0 Å². The first-order chi connectivity index (χ1) is 7.10. The number of halogens is 1. The minimum Gasteiger partial charge on any atom is -0.193 e. The molecule has 1 nitrogen and oxygen atoms in total. The molecule has 0 radical (unpaired) electrons. The van der Waals surface area contributed by atoms with Crippen LogP contribution in [0.2, 0.25) is 0 Å². The summed E-state index contributed by atoms with van der Waals surface area (Å²) in [6, 6.07) is 8.19. The van der Waals surface area contributed by atoms with E-state index in [1.807, 2.05) is 32.9 Å². The lowest BCUT2D eigenvalue weighted by Gasteiger charge is -2.07. The first-order valence-corrected chi connectivity index (χ1v) is 5.34. The molecule has 1 aromatic rings. The molecule has 0 N–H and O–H groups in total. The minimum atomic E-state index is 0.581. The monoisotopic (exact) mass is 219 g/mol. The molecule has 0 spiro atoms. The Morgan fingerprint density at radius 3 is 2.53 bits per heavy atom. The molecule has 0 unspecified atom stereocenters. The number of rotatable bonds is 2. The number of hydrogen-bond acceptors (Lipinski definition) is 1. The van der Waals surface area contributed by atoms with Crippen LogP contribution in [0, 0.1) is 25.2 Å². The molecular weight excluding hydrogens is 206 g/mol. The average Bonchev–Trinajstić information content (AvgIpc) is 2.19. The van der Waals surface area contributed by atoms with Crippen LogP contribution in [0.5, 0.6) is 0 Å². The minimum absolute atomic E-state index is 0.581. The lowest BCUT2D eigenvalue weighted by atomic mass is 10.0. The smallest absolute Gasteiger partial charge is 0.0962 e. The summed E-state index contributed by atoms with van der Waals surface area (Å²) < 4.78 is 0. The van der Waals surface area contributed by atoms with Crippen molar-refractivity contribution in [2.24, 2.45) is 0 Å². The summed E-state index contributed by atoms with van der Waals surface area (Å²) in [6.45, 7) is 5.99. The predicted molar refractivity (Wildman–Crippen MR) is 64.6 cm³/mol. The predicted octanol–water partition coefficient (Wildman–Crippen LogP) is 4.19. The molecule has 0 aliphatic carbocycles. The van der Waals surface area contributed by atoms with Gasteiger partial charge >= 0.3 is 0 Å². The van der Waals surface area contributed by atoms with E-state index >= 15 is 0 Å². The molecule has 78 valence electrons. The fourth-order valence-electron chi connectivity index (χ4n) is 1.51. The highest BCUT2D eigenvalue weighted by molar-refractivity contribution is 6.49. The summed E-state index contributed by atoms with van der Waals surface area (Å²) in [4.78, 5) is 0. The molecule has 0 aromatic heterocycles. The number of hydrogen-bond donors (Lipinski definition) is 0. The Bertz CT molecular complexity index is 438. The van der Waals surface area contributed by atoms with Crippen molar-refractivity contribution in [1.82, 2.24) is 0 Å². The van der Waals surface area contributed by atoms with Gasteiger partial charge in [-0.3, -0.25) is 0 Å². The van der Waals surface area contributed by atoms with Gasteiger partial charge in [0.25, 0.3) is 0 Å². The molecule has 0 saturated carbocycles. The van der Waals surface area contributed by atoms with Crippen LogP contribution in [0.1, 0.15) is 30.0 Å². The molecule has 2 heteroatoms. The van der Waals surface area contributed by atoms with Crippen LogP contribution in [0.4, 0.5) is 0 Å². The van der Waals surface area contributed by atoms with Crippen molar-refractivity contribution in [3.63, 3.8) is 0 Å². The first kappa shape index (κ1) is 11.8. The SMILES string of the molecule is CCC(C#N)=C(Cl)c1ccc(C)cc1C. The summed E-state index contributed by atoms with van der Waals surface area (Å²) >= 11 is 6.19. The summed E-state index contributed by atoms with van der Waals surface area (Å²) in [7, 11) is 0. The van der Waals surface area contributed by atoms with Gasteiger partial charge in [-0.1, -0.05) is 42.3 Å². The zero-order valence-electron chi connectivity index (χ0n) is 9.26.